The van der Waals surface area contributed by atoms with Gasteiger partial charge in [0.05, 0.1) is 6.10 Å². The molecule has 0 saturated heterocycles. The van der Waals surface area contributed by atoms with Gasteiger partial charge in [-0.3, -0.25) is 3.53 Å². The molecule has 0 fully saturated rings. The van der Waals surface area contributed by atoms with E-state index in [-0.39, 0.29) is 6.10 Å². The Kier molecular flexibility index (Phi) is 5.44. The Balaban J connectivity index is 2.34. The maximum atomic E-state index is 9.50. The molecular formula is C11H16INO. The molecule has 2 N–H and O–H groups in total. The largest absolute Gasteiger partial charge is 0.392 e. The van der Waals surface area contributed by atoms with Crippen LogP contribution >= 0.6 is 22.9 Å². The molecule has 0 unspecified atom stereocenters. The Bertz CT molecular complexity index is 260. The van der Waals surface area contributed by atoms with E-state index in [1.165, 1.54) is 11.1 Å². The first-order valence-corrected chi connectivity index (χ1v) is 5.87. The summed E-state index contributed by atoms with van der Waals surface area (Å²) in [5.41, 5.74) is 2.58. The van der Waals surface area contributed by atoms with Crippen molar-refractivity contribution in [3.8, 4) is 0 Å². The number of rotatable bonds is 5. The molecular weight excluding hydrogens is 289 g/mol. The quantitative estimate of drug-likeness (QED) is 0.646. The van der Waals surface area contributed by atoms with Gasteiger partial charge in [-0.05, 0) is 25.3 Å². The zero-order chi connectivity index (χ0) is 10.4. The van der Waals surface area contributed by atoms with Crippen molar-refractivity contribution in [3.63, 3.8) is 0 Å². The first-order valence-electron chi connectivity index (χ1n) is 4.79. The molecule has 0 amide bonds. The van der Waals surface area contributed by atoms with Gasteiger partial charge in [0.2, 0.25) is 0 Å². The molecule has 0 bridgehead atoms. The number of hydrogen-bond acceptors (Lipinski definition) is 2. The molecule has 3 heteroatoms. The van der Waals surface area contributed by atoms with Gasteiger partial charge in [-0.25, -0.2) is 0 Å². The number of benzene rings is 1. The Morgan fingerprint density at radius 3 is 2.57 bits per heavy atom. The summed E-state index contributed by atoms with van der Waals surface area (Å²) in [5.74, 6) is 0. The average molecular weight is 305 g/mol. The van der Waals surface area contributed by atoms with Crippen LogP contribution in [-0.4, -0.2) is 17.8 Å². The Morgan fingerprint density at radius 1 is 1.36 bits per heavy atom. The fourth-order valence-electron chi connectivity index (χ4n) is 1.28. The minimum Gasteiger partial charge on any atom is -0.392 e. The van der Waals surface area contributed by atoms with E-state index in [0.29, 0.717) is 6.54 Å². The smallest absolute Gasteiger partial charge is 0.0675 e. The predicted molar refractivity (Wildman–Crippen MR) is 67.5 cm³/mol. The molecule has 2 nitrogen and oxygen atoms in total. The molecule has 0 saturated carbocycles. The lowest BCUT2D eigenvalue weighted by Gasteiger charge is -2.08. The van der Waals surface area contributed by atoms with E-state index >= 15 is 0 Å². The number of aliphatic hydroxyl groups excluding tert-OH is 1. The third-order valence-corrected chi connectivity index (χ3v) is 2.64. The molecule has 1 aromatic rings. The molecule has 14 heavy (non-hydrogen) atoms. The van der Waals surface area contributed by atoms with E-state index in [1.807, 2.05) is 0 Å². The fourth-order valence-corrected chi connectivity index (χ4v) is 1.79. The molecule has 0 radical (unpaired) electrons. The first kappa shape index (κ1) is 11.9. The van der Waals surface area contributed by atoms with Crippen LogP contribution in [0.4, 0.5) is 0 Å². The second-order valence-electron chi connectivity index (χ2n) is 3.52. The Morgan fingerprint density at radius 2 is 2.00 bits per heavy atom. The summed E-state index contributed by atoms with van der Waals surface area (Å²) in [5, 5.41) is 9.50. The van der Waals surface area contributed by atoms with Crippen LogP contribution in [0.15, 0.2) is 24.3 Å². The standard InChI is InChI=1S/C11H16INO/c1-9-2-4-10(5-3-9)6-7-11(14)8-13-12/h2-5,11,13-14H,6-8H2,1H3/t11-/m1/s1. The second kappa shape index (κ2) is 6.37. The summed E-state index contributed by atoms with van der Waals surface area (Å²) in [6, 6.07) is 8.47. The van der Waals surface area contributed by atoms with Gasteiger partial charge >= 0.3 is 0 Å². The molecule has 1 rings (SSSR count). The summed E-state index contributed by atoms with van der Waals surface area (Å²) in [7, 11) is 0. The zero-order valence-corrected chi connectivity index (χ0v) is 10.5. The van der Waals surface area contributed by atoms with Crippen molar-refractivity contribution in [1.82, 2.24) is 3.53 Å². The van der Waals surface area contributed by atoms with Crippen LogP contribution in [0.25, 0.3) is 0 Å². The molecule has 0 aliphatic carbocycles. The second-order valence-corrected chi connectivity index (χ2v) is 4.28. The van der Waals surface area contributed by atoms with E-state index in [4.69, 9.17) is 0 Å². The van der Waals surface area contributed by atoms with Crippen molar-refractivity contribution < 1.29 is 5.11 Å². The Labute approximate surface area is 99.2 Å². The summed E-state index contributed by atoms with van der Waals surface area (Å²) in [4.78, 5) is 0. The molecule has 0 aliphatic rings. The molecule has 1 atom stereocenters. The lowest BCUT2D eigenvalue weighted by atomic mass is 10.1. The van der Waals surface area contributed by atoms with E-state index in [0.717, 1.165) is 12.8 Å². The van der Waals surface area contributed by atoms with Crippen molar-refractivity contribution in [2.45, 2.75) is 25.9 Å². The van der Waals surface area contributed by atoms with Crippen LogP contribution in [0, 0.1) is 6.92 Å². The van der Waals surface area contributed by atoms with E-state index < -0.39 is 0 Å². The highest BCUT2D eigenvalue weighted by Gasteiger charge is 2.02. The first-order chi connectivity index (χ1) is 6.72. The minimum atomic E-state index is -0.242. The third kappa shape index (κ3) is 4.39. The molecule has 78 valence electrons. The number of nitrogens with one attached hydrogen (secondary N) is 1. The topological polar surface area (TPSA) is 32.3 Å². The van der Waals surface area contributed by atoms with Gasteiger partial charge in [0.1, 0.15) is 0 Å². The van der Waals surface area contributed by atoms with Crippen LogP contribution < -0.4 is 3.53 Å². The van der Waals surface area contributed by atoms with Crippen molar-refractivity contribution >= 4 is 22.9 Å². The SMILES string of the molecule is Cc1ccc(CC[C@@H](O)CNI)cc1. The number of aryl methyl sites for hydroxylation is 2. The zero-order valence-electron chi connectivity index (χ0n) is 8.33. The van der Waals surface area contributed by atoms with Gasteiger partial charge in [-0.2, -0.15) is 0 Å². The molecule has 0 spiro atoms. The van der Waals surface area contributed by atoms with Gasteiger partial charge in [0.15, 0.2) is 0 Å². The summed E-state index contributed by atoms with van der Waals surface area (Å²) >= 11 is 2.05. The van der Waals surface area contributed by atoms with E-state index in [1.54, 1.807) is 0 Å². The van der Waals surface area contributed by atoms with E-state index in [2.05, 4.69) is 57.6 Å². The molecule has 0 aromatic heterocycles. The summed E-state index contributed by atoms with van der Waals surface area (Å²) in [6.45, 7) is 2.74. The monoisotopic (exact) mass is 305 g/mol. The fraction of sp³-hybridized carbons (Fsp3) is 0.455. The average Bonchev–Trinajstić information content (AvgIpc) is 2.17. The van der Waals surface area contributed by atoms with E-state index in [9.17, 15) is 5.11 Å². The molecule has 1 aromatic carbocycles. The lowest BCUT2D eigenvalue weighted by molar-refractivity contribution is 0.171. The minimum absolute atomic E-state index is 0.242. The van der Waals surface area contributed by atoms with Crippen LogP contribution in [0.2, 0.25) is 0 Å². The van der Waals surface area contributed by atoms with Gasteiger partial charge < -0.3 is 5.11 Å². The van der Waals surface area contributed by atoms with Crippen LogP contribution in [0.5, 0.6) is 0 Å². The highest BCUT2D eigenvalue weighted by Crippen LogP contribution is 2.07. The molecule has 0 heterocycles. The highest BCUT2D eigenvalue weighted by molar-refractivity contribution is 14.1. The molecule has 0 aliphatic heterocycles. The summed E-state index contributed by atoms with van der Waals surface area (Å²) < 4.78 is 2.93. The number of hydrogen-bond donors (Lipinski definition) is 2. The Hall–Kier alpha value is -0.130. The van der Waals surface area contributed by atoms with Gasteiger partial charge in [0.25, 0.3) is 0 Å². The van der Waals surface area contributed by atoms with Gasteiger partial charge in [0, 0.05) is 29.4 Å². The van der Waals surface area contributed by atoms with Gasteiger partial charge in [-0.15, -0.1) is 0 Å². The predicted octanol–water partition coefficient (Wildman–Crippen LogP) is 2.23. The summed E-state index contributed by atoms with van der Waals surface area (Å²) in [6.07, 6.45) is 1.52. The third-order valence-electron chi connectivity index (χ3n) is 2.20. The highest BCUT2D eigenvalue weighted by atomic mass is 127. The van der Waals surface area contributed by atoms with Gasteiger partial charge in [-0.1, -0.05) is 29.8 Å². The number of aliphatic hydroxyl groups is 1. The lowest BCUT2D eigenvalue weighted by Crippen LogP contribution is -2.20. The normalized spacial score (nSPS) is 12.8. The van der Waals surface area contributed by atoms with Crippen LogP contribution in [0.1, 0.15) is 17.5 Å². The van der Waals surface area contributed by atoms with Crippen LogP contribution in [-0.2, 0) is 6.42 Å². The van der Waals surface area contributed by atoms with Crippen molar-refractivity contribution in [3.05, 3.63) is 35.4 Å². The maximum Gasteiger partial charge on any atom is 0.0675 e. The maximum absolute atomic E-state index is 9.50. The van der Waals surface area contributed by atoms with Crippen molar-refractivity contribution in [1.29, 1.82) is 0 Å². The van der Waals surface area contributed by atoms with Crippen LogP contribution in [0.3, 0.4) is 0 Å². The van der Waals surface area contributed by atoms with Crippen molar-refractivity contribution in [2.75, 3.05) is 6.54 Å². The number of halogens is 1. The van der Waals surface area contributed by atoms with Crippen molar-refractivity contribution in [2.24, 2.45) is 0 Å².